The Morgan fingerprint density at radius 3 is 2.29 bits per heavy atom. The molecule has 2 rings (SSSR count). The van der Waals surface area contributed by atoms with Gasteiger partial charge in [-0.2, -0.15) is 0 Å². The molecular weight excluding hydrogens is 400 g/mol. The standard InChI is InChI=1S/C15H14Br2N2O2/c16-11-3-6-14(13(17)9-11)21-8-7-20-12-4-1-10(2-5-12)15(18)19/h1-6,9H,7-8H2,(H3,18,19). The molecule has 0 heterocycles. The van der Waals surface area contributed by atoms with Crippen LogP contribution < -0.4 is 15.2 Å². The molecule has 0 aromatic heterocycles. The van der Waals surface area contributed by atoms with E-state index in [0.717, 1.165) is 20.4 Å². The van der Waals surface area contributed by atoms with E-state index < -0.39 is 0 Å². The van der Waals surface area contributed by atoms with Gasteiger partial charge in [0.15, 0.2) is 0 Å². The summed E-state index contributed by atoms with van der Waals surface area (Å²) in [4.78, 5) is 0. The second-order valence-electron chi connectivity index (χ2n) is 4.21. The van der Waals surface area contributed by atoms with Gasteiger partial charge in [-0.1, -0.05) is 15.9 Å². The fourth-order valence-corrected chi connectivity index (χ4v) is 2.80. The SMILES string of the molecule is N=C(N)c1ccc(OCCOc2ccc(Br)cc2Br)cc1. The molecule has 0 aliphatic carbocycles. The van der Waals surface area contributed by atoms with Crippen LogP contribution in [-0.4, -0.2) is 19.0 Å². The minimum Gasteiger partial charge on any atom is -0.490 e. The monoisotopic (exact) mass is 412 g/mol. The van der Waals surface area contributed by atoms with E-state index in [4.69, 9.17) is 20.6 Å². The highest BCUT2D eigenvalue weighted by Gasteiger charge is 2.02. The van der Waals surface area contributed by atoms with E-state index in [-0.39, 0.29) is 5.84 Å². The number of nitrogen functional groups attached to an aromatic ring is 1. The van der Waals surface area contributed by atoms with Crippen molar-refractivity contribution >= 4 is 37.7 Å². The van der Waals surface area contributed by atoms with Gasteiger partial charge in [0.05, 0.1) is 4.47 Å². The summed E-state index contributed by atoms with van der Waals surface area (Å²) < 4.78 is 13.1. The van der Waals surface area contributed by atoms with Crippen molar-refractivity contribution in [3.8, 4) is 11.5 Å². The number of rotatable bonds is 6. The molecule has 0 unspecified atom stereocenters. The van der Waals surface area contributed by atoms with E-state index in [1.807, 2.05) is 18.2 Å². The Bertz CT molecular complexity index is 630. The lowest BCUT2D eigenvalue weighted by molar-refractivity contribution is 0.216. The number of ether oxygens (including phenoxy) is 2. The van der Waals surface area contributed by atoms with E-state index >= 15 is 0 Å². The van der Waals surface area contributed by atoms with Crippen molar-refractivity contribution in [3.63, 3.8) is 0 Å². The number of hydrogen-bond acceptors (Lipinski definition) is 3. The molecule has 3 N–H and O–H groups in total. The first-order valence-corrected chi connectivity index (χ1v) is 7.80. The maximum atomic E-state index is 7.31. The highest BCUT2D eigenvalue weighted by molar-refractivity contribution is 9.11. The predicted octanol–water partition coefficient (Wildman–Crippen LogP) is 3.95. The number of hydrogen-bond donors (Lipinski definition) is 2. The molecule has 0 aliphatic rings. The summed E-state index contributed by atoms with van der Waals surface area (Å²) in [6, 6.07) is 12.8. The van der Waals surface area contributed by atoms with Crippen molar-refractivity contribution in [2.24, 2.45) is 5.73 Å². The second kappa shape index (κ2) is 7.47. The molecule has 0 saturated carbocycles. The fourth-order valence-electron chi connectivity index (χ4n) is 1.63. The molecule has 21 heavy (non-hydrogen) atoms. The Morgan fingerprint density at radius 1 is 1.00 bits per heavy atom. The van der Waals surface area contributed by atoms with E-state index in [1.165, 1.54) is 0 Å². The Morgan fingerprint density at radius 2 is 1.67 bits per heavy atom. The Kier molecular flexibility index (Phi) is 5.64. The van der Waals surface area contributed by atoms with E-state index in [1.54, 1.807) is 24.3 Å². The average molecular weight is 414 g/mol. The quantitative estimate of drug-likeness (QED) is 0.428. The molecule has 0 atom stereocenters. The molecule has 2 aromatic carbocycles. The van der Waals surface area contributed by atoms with Gasteiger partial charge >= 0.3 is 0 Å². The highest BCUT2D eigenvalue weighted by atomic mass is 79.9. The van der Waals surface area contributed by atoms with Crippen LogP contribution in [0.4, 0.5) is 0 Å². The van der Waals surface area contributed by atoms with Crippen LogP contribution in [0.2, 0.25) is 0 Å². The van der Waals surface area contributed by atoms with Gasteiger partial charge < -0.3 is 15.2 Å². The first-order valence-electron chi connectivity index (χ1n) is 6.21. The summed E-state index contributed by atoms with van der Waals surface area (Å²) in [5.41, 5.74) is 6.07. The maximum absolute atomic E-state index is 7.31. The Hall–Kier alpha value is -1.53. The van der Waals surface area contributed by atoms with Gasteiger partial charge in [0, 0.05) is 10.0 Å². The molecular formula is C15H14Br2N2O2. The van der Waals surface area contributed by atoms with E-state index in [9.17, 15) is 0 Å². The zero-order valence-corrected chi connectivity index (χ0v) is 14.3. The normalized spacial score (nSPS) is 10.2. The van der Waals surface area contributed by atoms with Crippen molar-refractivity contribution in [2.75, 3.05) is 13.2 Å². The van der Waals surface area contributed by atoms with Gasteiger partial charge in [-0.25, -0.2) is 0 Å². The van der Waals surface area contributed by atoms with Crippen LogP contribution in [0.15, 0.2) is 51.4 Å². The largest absolute Gasteiger partial charge is 0.490 e. The summed E-state index contributed by atoms with van der Waals surface area (Å²) >= 11 is 6.83. The molecule has 0 amide bonds. The minimum absolute atomic E-state index is 0.0463. The van der Waals surface area contributed by atoms with Crippen LogP contribution in [0.3, 0.4) is 0 Å². The molecule has 0 spiro atoms. The lowest BCUT2D eigenvalue weighted by Crippen LogP contribution is -2.11. The van der Waals surface area contributed by atoms with Crippen molar-refractivity contribution in [3.05, 3.63) is 57.0 Å². The number of halogens is 2. The van der Waals surface area contributed by atoms with Crippen LogP contribution in [0, 0.1) is 5.41 Å². The molecule has 0 radical (unpaired) electrons. The summed E-state index contributed by atoms with van der Waals surface area (Å²) in [7, 11) is 0. The fraction of sp³-hybridized carbons (Fsp3) is 0.133. The lowest BCUT2D eigenvalue weighted by Gasteiger charge is -2.10. The van der Waals surface area contributed by atoms with Crippen LogP contribution in [0.5, 0.6) is 11.5 Å². The summed E-state index contributed by atoms with van der Waals surface area (Å²) in [5, 5.41) is 7.31. The third-order valence-corrected chi connectivity index (χ3v) is 3.78. The topological polar surface area (TPSA) is 68.3 Å². The maximum Gasteiger partial charge on any atom is 0.133 e. The molecule has 110 valence electrons. The van der Waals surface area contributed by atoms with Gasteiger partial charge in [0.1, 0.15) is 30.5 Å². The van der Waals surface area contributed by atoms with Crippen molar-refractivity contribution in [1.29, 1.82) is 5.41 Å². The summed E-state index contributed by atoms with van der Waals surface area (Å²) in [5.74, 6) is 1.54. The average Bonchev–Trinajstić information content (AvgIpc) is 2.46. The molecule has 2 aromatic rings. The molecule has 0 fully saturated rings. The van der Waals surface area contributed by atoms with Gasteiger partial charge in [0.25, 0.3) is 0 Å². The third-order valence-electron chi connectivity index (χ3n) is 2.67. The first-order chi connectivity index (χ1) is 10.1. The number of amidine groups is 1. The molecule has 4 nitrogen and oxygen atoms in total. The highest BCUT2D eigenvalue weighted by Crippen LogP contribution is 2.28. The smallest absolute Gasteiger partial charge is 0.133 e. The minimum atomic E-state index is 0.0463. The zero-order chi connectivity index (χ0) is 15.2. The van der Waals surface area contributed by atoms with Crippen LogP contribution in [0.1, 0.15) is 5.56 Å². The summed E-state index contributed by atoms with van der Waals surface area (Å²) in [6.45, 7) is 0.872. The van der Waals surface area contributed by atoms with Crippen LogP contribution >= 0.6 is 31.9 Å². The van der Waals surface area contributed by atoms with Crippen molar-refractivity contribution in [1.82, 2.24) is 0 Å². The zero-order valence-electron chi connectivity index (χ0n) is 11.1. The second-order valence-corrected chi connectivity index (χ2v) is 5.98. The van der Waals surface area contributed by atoms with Crippen LogP contribution in [0.25, 0.3) is 0 Å². The number of benzene rings is 2. The first kappa shape index (κ1) is 15.9. The van der Waals surface area contributed by atoms with E-state index in [2.05, 4.69) is 31.9 Å². The number of nitrogens with one attached hydrogen (secondary N) is 1. The van der Waals surface area contributed by atoms with Gasteiger partial charge in [-0.3, -0.25) is 5.41 Å². The summed E-state index contributed by atoms with van der Waals surface area (Å²) in [6.07, 6.45) is 0. The van der Waals surface area contributed by atoms with Crippen molar-refractivity contribution in [2.45, 2.75) is 0 Å². The third kappa shape index (κ3) is 4.75. The molecule has 0 saturated heterocycles. The van der Waals surface area contributed by atoms with Crippen LogP contribution in [-0.2, 0) is 0 Å². The predicted molar refractivity (Wildman–Crippen MR) is 90.3 cm³/mol. The van der Waals surface area contributed by atoms with Gasteiger partial charge in [-0.05, 0) is 58.4 Å². The lowest BCUT2D eigenvalue weighted by atomic mass is 10.2. The number of nitrogens with two attached hydrogens (primary N) is 1. The molecule has 0 bridgehead atoms. The van der Waals surface area contributed by atoms with Gasteiger partial charge in [-0.15, -0.1) is 0 Å². The molecule has 0 aliphatic heterocycles. The van der Waals surface area contributed by atoms with E-state index in [0.29, 0.717) is 18.8 Å². The molecule has 6 heteroatoms. The van der Waals surface area contributed by atoms with Crippen molar-refractivity contribution < 1.29 is 9.47 Å². The Balaban J connectivity index is 1.80. The van der Waals surface area contributed by atoms with Gasteiger partial charge in [0.2, 0.25) is 0 Å². The Labute approximate surface area is 140 Å².